The minimum atomic E-state index is 0.145. The molecule has 0 aromatic carbocycles. The van der Waals surface area contributed by atoms with Crippen LogP contribution in [-0.4, -0.2) is 73.5 Å². The largest absolute Gasteiger partial charge is 0.378 e. The van der Waals surface area contributed by atoms with Gasteiger partial charge in [-0.05, 0) is 37.8 Å². The van der Waals surface area contributed by atoms with Gasteiger partial charge < -0.3 is 19.4 Å². The van der Waals surface area contributed by atoms with Crippen LogP contribution in [0.5, 0.6) is 0 Å². The Morgan fingerprint density at radius 2 is 1.44 bits per heavy atom. The third-order valence-corrected chi connectivity index (χ3v) is 5.56. The first-order valence-corrected chi connectivity index (χ1v) is 9.51. The molecule has 1 aromatic rings. The van der Waals surface area contributed by atoms with E-state index in [0.29, 0.717) is 19.1 Å². The maximum atomic E-state index is 12.6. The maximum Gasteiger partial charge on any atom is 0.225 e. The molecule has 7 heteroatoms. The van der Waals surface area contributed by atoms with Crippen LogP contribution < -0.4 is 9.80 Å². The first-order chi connectivity index (χ1) is 12.3. The average Bonchev–Trinajstić information content (AvgIpc) is 3.23. The number of carbonyl (C=O) groups is 1. The number of aromatic nitrogens is 2. The number of ether oxygens (including phenoxy) is 1. The van der Waals surface area contributed by atoms with Gasteiger partial charge in [-0.2, -0.15) is 0 Å². The number of rotatable bonds is 3. The summed E-state index contributed by atoms with van der Waals surface area (Å²) in [4.78, 5) is 19.1. The van der Waals surface area contributed by atoms with E-state index in [2.05, 4.69) is 32.1 Å². The number of nitrogens with zero attached hydrogens (tertiary/aromatic N) is 5. The van der Waals surface area contributed by atoms with Crippen molar-refractivity contribution in [1.82, 2.24) is 15.1 Å². The van der Waals surface area contributed by atoms with Gasteiger partial charge in [0.25, 0.3) is 0 Å². The summed E-state index contributed by atoms with van der Waals surface area (Å²) < 4.78 is 5.34. The molecule has 136 valence electrons. The van der Waals surface area contributed by atoms with Gasteiger partial charge >= 0.3 is 0 Å². The lowest BCUT2D eigenvalue weighted by Gasteiger charge is -2.35. The van der Waals surface area contributed by atoms with Crippen LogP contribution in [0.1, 0.15) is 25.7 Å². The Labute approximate surface area is 148 Å². The second-order valence-electron chi connectivity index (χ2n) is 7.14. The molecule has 1 aromatic heterocycles. The van der Waals surface area contributed by atoms with E-state index in [1.165, 1.54) is 12.8 Å². The Morgan fingerprint density at radius 3 is 2.00 bits per heavy atom. The number of carbonyl (C=O) groups excluding carboxylic acids is 1. The van der Waals surface area contributed by atoms with Gasteiger partial charge in [0.2, 0.25) is 5.91 Å². The maximum absolute atomic E-state index is 12.6. The molecule has 1 amide bonds. The molecule has 3 aliphatic rings. The van der Waals surface area contributed by atoms with Crippen LogP contribution in [0.15, 0.2) is 12.1 Å². The van der Waals surface area contributed by atoms with E-state index in [1.54, 1.807) is 0 Å². The van der Waals surface area contributed by atoms with Gasteiger partial charge in [0.1, 0.15) is 0 Å². The van der Waals surface area contributed by atoms with Gasteiger partial charge in [-0.25, -0.2) is 0 Å². The summed E-state index contributed by atoms with van der Waals surface area (Å²) in [5.41, 5.74) is 0. The SMILES string of the molecule is O=C(C1CCN(c2ccc(N3CCCC3)nn2)CC1)N1CCOCC1. The van der Waals surface area contributed by atoms with E-state index < -0.39 is 0 Å². The van der Waals surface area contributed by atoms with Crippen LogP contribution in [0.25, 0.3) is 0 Å². The topological polar surface area (TPSA) is 61.8 Å². The molecule has 0 aliphatic carbocycles. The molecule has 7 nitrogen and oxygen atoms in total. The highest BCUT2D eigenvalue weighted by molar-refractivity contribution is 5.79. The summed E-state index contributed by atoms with van der Waals surface area (Å²) in [5.74, 6) is 2.36. The van der Waals surface area contributed by atoms with E-state index in [-0.39, 0.29) is 5.92 Å². The van der Waals surface area contributed by atoms with Gasteiger partial charge in [0, 0.05) is 45.2 Å². The summed E-state index contributed by atoms with van der Waals surface area (Å²) in [5, 5.41) is 8.84. The molecule has 3 aliphatic heterocycles. The number of morpholine rings is 1. The molecule has 0 N–H and O–H groups in total. The molecule has 3 fully saturated rings. The van der Waals surface area contributed by atoms with Crippen molar-refractivity contribution in [3.05, 3.63) is 12.1 Å². The normalized spacial score (nSPS) is 22.5. The fourth-order valence-electron chi connectivity index (χ4n) is 4.00. The standard InChI is InChI=1S/C18H27N5O2/c24-18(23-11-13-25-14-12-23)15-5-9-22(10-6-15)17-4-3-16(19-20-17)21-7-1-2-8-21/h3-4,15H,1-2,5-14H2. The second-order valence-corrected chi connectivity index (χ2v) is 7.14. The van der Waals surface area contributed by atoms with Crippen molar-refractivity contribution in [1.29, 1.82) is 0 Å². The van der Waals surface area contributed by atoms with Crippen molar-refractivity contribution in [2.75, 3.05) is 62.3 Å². The molecule has 3 saturated heterocycles. The van der Waals surface area contributed by atoms with Gasteiger partial charge in [-0.15, -0.1) is 10.2 Å². The van der Waals surface area contributed by atoms with Crippen LogP contribution in [0.3, 0.4) is 0 Å². The van der Waals surface area contributed by atoms with Crippen LogP contribution in [-0.2, 0) is 9.53 Å². The number of hydrogen-bond donors (Lipinski definition) is 0. The average molecular weight is 345 g/mol. The van der Waals surface area contributed by atoms with Crippen LogP contribution >= 0.6 is 0 Å². The Balaban J connectivity index is 1.31. The zero-order chi connectivity index (χ0) is 17.1. The lowest BCUT2D eigenvalue weighted by atomic mass is 9.95. The number of piperidine rings is 1. The Morgan fingerprint density at radius 1 is 0.880 bits per heavy atom. The molecular weight excluding hydrogens is 318 g/mol. The van der Waals surface area contributed by atoms with Crippen molar-refractivity contribution in [3.8, 4) is 0 Å². The van der Waals surface area contributed by atoms with E-state index in [0.717, 1.165) is 63.7 Å². The van der Waals surface area contributed by atoms with Crippen LogP contribution in [0.4, 0.5) is 11.6 Å². The lowest BCUT2D eigenvalue weighted by molar-refractivity contribution is -0.140. The van der Waals surface area contributed by atoms with Crippen LogP contribution in [0, 0.1) is 5.92 Å². The molecule has 0 bridgehead atoms. The summed E-state index contributed by atoms with van der Waals surface area (Å²) in [6, 6.07) is 4.16. The molecule has 4 heterocycles. The summed E-state index contributed by atoms with van der Waals surface area (Å²) in [6.07, 6.45) is 4.28. The third kappa shape index (κ3) is 3.71. The number of hydrogen-bond acceptors (Lipinski definition) is 6. The predicted octanol–water partition coefficient (Wildman–Crippen LogP) is 1.15. The van der Waals surface area contributed by atoms with Crippen LogP contribution in [0.2, 0.25) is 0 Å². The highest BCUT2D eigenvalue weighted by Crippen LogP contribution is 2.25. The fourth-order valence-corrected chi connectivity index (χ4v) is 4.00. The van der Waals surface area contributed by atoms with E-state index in [9.17, 15) is 4.79 Å². The fraction of sp³-hybridized carbons (Fsp3) is 0.722. The molecule has 0 saturated carbocycles. The summed E-state index contributed by atoms with van der Waals surface area (Å²) in [7, 11) is 0. The monoisotopic (exact) mass is 345 g/mol. The lowest BCUT2D eigenvalue weighted by Crippen LogP contribution is -2.47. The zero-order valence-corrected chi connectivity index (χ0v) is 14.8. The first kappa shape index (κ1) is 16.6. The number of amides is 1. The van der Waals surface area contributed by atoms with Crippen molar-refractivity contribution in [2.24, 2.45) is 5.92 Å². The van der Waals surface area contributed by atoms with E-state index in [4.69, 9.17) is 4.74 Å². The molecule has 0 radical (unpaired) electrons. The Kier molecular flexibility index (Phi) is 5.01. The predicted molar refractivity (Wildman–Crippen MR) is 95.8 cm³/mol. The summed E-state index contributed by atoms with van der Waals surface area (Å²) in [6.45, 7) is 6.74. The highest BCUT2D eigenvalue weighted by Gasteiger charge is 2.30. The van der Waals surface area contributed by atoms with E-state index >= 15 is 0 Å². The molecule has 0 unspecified atom stereocenters. The van der Waals surface area contributed by atoms with Gasteiger partial charge in [0.15, 0.2) is 11.6 Å². The van der Waals surface area contributed by atoms with Gasteiger partial charge in [0.05, 0.1) is 13.2 Å². The Hall–Kier alpha value is -1.89. The molecular formula is C18H27N5O2. The van der Waals surface area contributed by atoms with Crippen molar-refractivity contribution >= 4 is 17.5 Å². The smallest absolute Gasteiger partial charge is 0.225 e. The molecule has 25 heavy (non-hydrogen) atoms. The van der Waals surface area contributed by atoms with Crippen molar-refractivity contribution < 1.29 is 9.53 Å². The van der Waals surface area contributed by atoms with Gasteiger partial charge in [-0.1, -0.05) is 0 Å². The first-order valence-electron chi connectivity index (χ1n) is 9.51. The third-order valence-electron chi connectivity index (χ3n) is 5.56. The summed E-state index contributed by atoms with van der Waals surface area (Å²) >= 11 is 0. The minimum absolute atomic E-state index is 0.145. The van der Waals surface area contributed by atoms with Gasteiger partial charge in [-0.3, -0.25) is 4.79 Å². The van der Waals surface area contributed by atoms with Crippen molar-refractivity contribution in [2.45, 2.75) is 25.7 Å². The zero-order valence-electron chi connectivity index (χ0n) is 14.8. The quantitative estimate of drug-likeness (QED) is 0.819. The number of anilines is 2. The molecule has 4 rings (SSSR count). The second kappa shape index (κ2) is 7.56. The molecule has 0 atom stereocenters. The van der Waals surface area contributed by atoms with E-state index in [1.807, 2.05) is 4.90 Å². The minimum Gasteiger partial charge on any atom is -0.378 e. The molecule has 0 spiro atoms. The van der Waals surface area contributed by atoms with Crippen molar-refractivity contribution in [3.63, 3.8) is 0 Å². The highest BCUT2D eigenvalue weighted by atomic mass is 16.5. The Bertz CT molecular complexity index is 574.